The molecule has 6 atom stereocenters. The summed E-state index contributed by atoms with van der Waals surface area (Å²) in [5.41, 5.74) is 2.78. The molecule has 0 spiro atoms. The van der Waals surface area contributed by atoms with Crippen LogP contribution in [0, 0.1) is 34.0 Å². The predicted molar refractivity (Wildman–Crippen MR) is 91.5 cm³/mol. The van der Waals surface area contributed by atoms with Crippen molar-refractivity contribution in [3.05, 3.63) is 11.6 Å². The molecule has 4 aliphatic carbocycles. The van der Waals surface area contributed by atoms with E-state index in [1.807, 2.05) is 0 Å². The maximum absolute atomic E-state index is 10.9. The zero-order valence-electron chi connectivity index (χ0n) is 15.0. The number of hydrogen-bond donors (Lipinski definition) is 1. The second-order valence-electron chi connectivity index (χ2n) is 10.3. The van der Waals surface area contributed by atoms with E-state index in [0.717, 1.165) is 24.2 Å². The monoisotopic (exact) mass is 302 g/mol. The molecule has 4 aliphatic rings. The van der Waals surface area contributed by atoms with Gasteiger partial charge in [0.15, 0.2) is 0 Å². The largest absolute Gasteiger partial charge is 0.392 e. The molecule has 0 heterocycles. The minimum Gasteiger partial charge on any atom is -0.392 e. The standard InChI is InChI=1S/C21H34O/c1-19(2)12-17-15-9-8-14-6-5-7-18(22)21(14,4)16(15)10-11-20(17,3)13-19/h8,15-18,22H,5-7,9-13H2,1-4H3/t15-,16-,17+,18?,20-,21+/m1/s1. The van der Waals surface area contributed by atoms with Gasteiger partial charge in [0.1, 0.15) is 0 Å². The van der Waals surface area contributed by atoms with E-state index < -0.39 is 0 Å². The van der Waals surface area contributed by atoms with Crippen molar-refractivity contribution < 1.29 is 5.11 Å². The van der Waals surface area contributed by atoms with E-state index in [9.17, 15) is 5.11 Å². The fourth-order valence-corrected chi connectivity index (χ4v) is 7.49. The second kappa shape index (κ2) is 4.62. The van der Waals surface area contributed by atoms with Gasteiger partial charge < -0.3 is 5.11 Å². The van der Waals surface area contributed by atoms with Gasteiger partial charge >= 0.3 is 0 Å². The van der Waals surface area contributed by atoms with Crippen molar-refractivity contribution >= 4 is 0 Å². The van der Waals surface area contributed by atoms with Gasteiger partial charge in [-0.15, -0.1) is 0 Å². The summed E-state index contributed by atoms with van der Waals surface area (Å²) in [5, 5.41) is 10.9. The lowest BCUT2D eigenvalue weighted by atomic mass is 9.47. The van der Waals surface area contributed by atoms with Crippen LogP contribution < -0.4 is 0 Å². The van der Waals surface area contributed by atoms with Crippen LogP contribution in [0.1, 0.15) is 79.1 Å². The third-order valence-corrected chi connectivity index (χ3v) is 8.32. The first kappa shape index (κ1) is 15.2. The second-order valence-corrected chi connectivity index (χ2v) is 10.3. The van der Waals surface area contributed by atoms with Crippen molar-refractivity contribution in [2.45, 2.75) is 85.2 Å². The number of aliphatic hydroxyl groups excluding tert-OH is 1. The summed E-state index contributed by atoms with van der Waals surface area (Å²) < 4.78 is 0. The quantitative estimate of drug-likeness (QED) is 0.599. The molecule has 0 saturated heterocycles. The Morgan fingerprint density at radius 1 is 1.09 bits per heavy atom. The SMILES string of the molecule is CC1(C)C[C@H]2[C@@H]3CC=C4CCCC(O)[C@]4(C)[C@@H]3CC[C@]2(C)C1. The Bertz CT molecular complexity index is 504. The molecule has 1 nitrogen and oxygen atoms in total. The molecule has 0 bridgehead atoms. The van der Waals surface area contributed by atoms with E-state index in [1.54, 1.807) is 5.57 Å². The Hall–Kier alpha value is -0.300. The molecular weight excluding hydrogens is 268 g/mol. The lowest BCUT2D eigenvalue weighted by Crippen LogP contribution is -2.53. The first-order valence-electron chi connectivity index (χ1n) is 9.64. The molecule has 0 aromatic heterocycles. The summed E-state index contributed by atoms with van der Waals surface area (Å²) in [6.45, 7) is 9.93. The lowest BCUT2D eigenvalue weighted by Gasteiger charge is -2.58. The third-order valence-electron chi connectivity index (χ3n) is 8.32. The predicted octanol–water partition coefficient (Wildman–Crippen LogP) is 5.34. The topological polar surface area (TPSA) is 20.2 Å². The number of aliphatic hydroxyl groups is 1. The molecule has 0 amide bonds. The van der Waals surface area contributed by atoms with Crippen LogP contribution in [0.3, 0.4) is 0 Å². The van der Waals surface area contributed by atoms with Crippen LogP contribution in [0.2, 0.25) is 0 Å². The van der Waals surface area contributed by atoms with Crippen LogP contribution in [0.25, 0.3) is 0 Å². The zero-order chi connectivity index (χ0) is 15.8. The first-order valence-corrected chi connectivity index (χ1v) is 9.64. The number of rotatable bonds is 0. The average Bonchev–Trinajstić information content (AvgIpc) is 2.69. The molecule has 0 aromatic carbocycles. The van der Waals surface area contributed by atoms with Gasteiger partial charge in [-0.3, -0.25) is 0 Å². The molecule has 3 saturated carbocycles. The van der Waals surface area contributed by atoms with Crippen molar-refractivity contribution in [2.24, 2.45) is 34.0 Å². The molecule has 22 heavy (non-hydrogen) atoms. The van der Waals surface area contributed by atoms with Crippen LogP contribution in [0.4, 0.5) is 0 Å². The molecule has 0 aromatic rings. The summed E-state index contributed by atoms with van der Waals surface area (Å²) in [5.74, 6) is 2.43. The molecule has 4 rings (SSSR count). The maximum Gasteiger partial charge on any atom is 0.0633 e. The van der Waals surface area contributed by atoms with Crippen LogP contribution in [-0.4, -0.2) is 11.2 Å². The Balaban J connectivity index is 1.72. The number of allylic oxidation sites excluding steroid dienone is 1. The highest BCUT2D eigenvalue weighted by molar-refractivity contribution is 5.26. The highest BCUT2D eigenvalue weighted by Crippen LogP contribution is 2.67. The minimum atomic E-state index is -0.0981. The highest BCUT2D eigenvalue weighted by Gasteiger charge is 2.60. The lowest BCUT2D eigenvalue weighted by molar-refractivity contribution is -0.0814. The molecule has 0 radical (unpaired) electrons. The summed E-state index contributed by atoms with van der Waals surface area (Å²) in [6.07, 6.45) is 12.7. The Morgan fingerprint density at radius 3 is 2.64 bits per heavy atom. The van der Waals surface area contributed by atoms with Gasteiger partial charge in [-0.25, -0.2) is 0 Å². The van der Waals surface area contributed by atoms with E-state index in [1.165, 1.54) is 44.9 Å². The first-order chi connectivity index (χ1) is 10.3. The van der Waals surface area contributed by atoms with E-state index in [0.29, 0.717) is 10.8 Å². The maximum atomic E-state index is 10.9. The van der Waals surface area contributed by atoms with Crippen LogP contribution in [0.15, 0.2) is 11.6 Å². The van der Waals surface area contributed by atoms with E-state index in [2.05, 4.69) is 33.8 Å². The van der Waals surface area contributed by atoms with E-state index in [4.69, 9.17) is 0 Å². The normalized spacial score (nSPS) is 53.2. The molecule has 1 N–H and O–H groups in total. The Kier molecular flexibility index (Phi) is 3.20. The highest BCUT2D eigenvalue weighted by atomic mass is 16.3. The minimum absolute atomic E-state index is 0.0925. The van der Waals surface area contributed by atoms with Crippen LogP contribution >= 0.6 is 0 Å². The fourth-order valence-electron chi connectivity index (χ4n) is 7.49. The van der Waals surface area contributed by atoms with Gasteiger partial charge in [0, 0.05) is 5.41 Å². The van der Waals surface area contributed by atoms with Gasteiger partial charge in [-0.1, -0.05) is 39.3 Å². The molecule has 1 heteroatoms. The summed E-state index contributed by atoms with van der Waals surface area (Å²) in [7, 11) is 0. The van der Waals surface area contributed by atoms with E-state index in [-0.39, 0.29) is 11.5 Å². The van der Waals surface area contributed by atoms with Crippen molar-refractivity contribution in [3.63, 3.8) is 0 Å². The smallest absolute Gasteiger partial charge is 0.0633 e. The molecule has 3 fully saturated rings. The number of hydrogen-bond acceptors (Lipinski definition) is 1. The third kappa shape index (κ3) is 1.93. The summed E-state index contributed by atoms with van der Waals surface area (Å²) >= 11 is 0. The van der Waals surface area contributed by atoms with Gasteiger partial charge in [0.2, 0.25) is 0 Å². The number of fused-ring (bicyclic) bond motifs is 5. The van der Waals surface area contributed by atoms with Crippen molar-refractivity contribution in [2.75, 3.05) is 0 Å². The Morgan fingerprint density at radius 2 is 1.86 bits per heavy atom. The Labute approximate surface area is 136 Å². The van der Waals surface area contributed by atoms with Gasteiger partial charge in [-0.2, -0.15) is 0 Å². The van der Waals surface area contributed by atoms with E-state index >= 15 is 0 Å². The van der Waals surface area contributed by atoms with Gasteiger partial charge in [0.25, 0.3) is 0 Å². The zero-order valence-corrected chi connectivity index (χ0v) is 15.0. The van der Waals surface area contributed by atoms with Crippen molar-refractivity contribution in [1.29, 1.82) is 0 Å². The summed E-state index contributed by atoms with van der Waals surface area (Å²) in [4.78, 5) is 0. The van der Waals surface area contributed by atoms with Crippen LogP contribution in [0.5, 0.6) is 0 Å². The summed E-state index contributed by atoms with van der Waals surface area (Å²) in [6, 6.07) is 0. The van der Waals surface area contributed by atoms with Gasteiger partial charge in [0.05, 0.1) is 6.10 Å². The molecular formula is C21H34O. The molecule has 1 unspecified atom stereocenters. The fraction of sp³-hybridized carbons (Fsp3) is 0.905. The van der Waals surface area contributed by atoms with Crippen molar-refractivity contribution in [1.82, 2.24) is 0 Å². The average molecular weight is 303 g/mol. The molecule has 124 valence electrons. The van der Waals surface area contributed by atoms with Crippen LogP contribution in [-0.2, 0) is 0 Å². The molecule has 0 aliphatic heterocycles. The van der Waals surface area contributed by atoms with Gasteiger partial charge in [-0.05, 0) is 80.0 Å². The van der Waals surface area contributed by atoms with Crippen molar-refractivity contribution in [3.8, 4) is 0 Å².